The van der Waals surface area contributed by atoms with Crippen LogP contribution < -0.4 is 0 Å². The van der Waals surface area contributed by atoms with Crippen LogP contribution in [0.2, 0.25) is 0 Å². The first-order valence-electron chi connectivity index (χ1n) is 25.7. The van der Waals surface area contributed by atoms with E-state index in [2.05, 4.69) is 118 Å². The predicted octanol–water partition coefficient (Wildman–Crippen LogP) is 17.0. The summed E-state index contributed by atoms with van der Waals surface area (Å²) in [5.74, 6) is -0.943. The standard InChI is InChI=1S/C57H94O6/c1-4-7-10-13-15-17-19-21-22-23-24-25-26-27-28-29-30-31-32-33-34-36-37-39-41-44-47-50-56(59)62-53-54(52-61-55(58)49-46-43-12-9-6-3)63-57(60)51-48-45-42-40-38-35-20-18-16-14-11-8-5-2/h7-8,10-11,15-18,21-22,24-25,27-28,35,38,54H,4-6,9,12-14,19-20,23,26,29-34,36-37,39-53H2,1-3H3/b10-7-,11-8-,17-15-,18-16-,22-21-,25-24-,28-27-,38-35-. The molecular weight excluding hydrogens is 781 g/mol. The number of carbonyl (C=O) groups excluding carboxylic acids is 3. The number of allylic oxidation sites excluding steroid dienone is 16. The smallest absolute Gasteiger partial charge is 0.306 e. The average Bonchev–Trinajstić information content (AvgIpc) is 3.28. The van der Waals surface area contributed by atoms with Crippen LogP contribution in [0, 0.1) is 0 Å². The summed E-state index contributed by atoms with van der Waals surface area (Å²) in [7, 11) is 0. The molecule has 0 spiro atoms. The quantitative estimate of drug-likeness (QED) is 0.0262. The SMILES string of the molecule is CC/C=C\C/C=C\C/C=C\C/C=C\C/C=C\CCCCCCCCCCCCCC(=O)OCC(COC(=O)CCCCCCC)OC(=O)CCCCC/C=C\C/C=C\C/C=C\CC. The van der Waals surface area contributed by atoms with Gasteiger partial charge in [-0.1, -0.05) is 208 Å². The number of ether oxygens (including phenoxy) is 3. The molecule has 0 rings (SSSR count). The van der Waals surface area contributed by atoms with E-state index in [0.29, 0.717) is 19.3 Å². The van der Waals surface area contributed by atoms with Crippen LogP contribution in [-0.2, 0) is 28.6 Å². The summed E-state index contributed by atoms with van der Waals surface area (Å²) in [5, 5.41) is 0. The van der Waals surface area contributed by atoms with Crippen molar-refractivity contribution in [2.45, 2.75) is 232 Å². The number of rotatable bonds is 45. The van der Waals surface area contributed by atoms with Gasteiger partial charge < -0.3 is 14.2 Å². The van der Waals surface area contributed by atoms with Crippen LogP contribution in [0.4, 0.5) is 0 Å². The fourth-order valence-electron chi connectivity index (χ4n) is 6.78. The number of hydrogen-bond donors (Lipinski definition) is 0. The Labute approximate surface area is 387 Å². The van der Waals surface area contributed by atoms with E-state index in [9.17, 15) is 14.4 Å². The Hall–Kier alpha value is -3.67. The second-order valence-corrected chi connectivity index (χ2v) is 16.7. The van der Waals surface area contributed by atoms with Crippen molar-refractivity contribution >= 4 is 17.9 Å². The molecule has 0 amide bonds. The van der Waals surface area contributed by atoms with Gasteiger partial charge in [0.25, 0.3) is 0 Å². The number of hydrogen-bond acceptors (Lipinski definition) is 6. The lowest BCUT2D eigenvalue weighted by molar-refractivity contribution is -0.167. The Kier molecular flexibility index (Phi) is 48.0. The van der Waals surface area contributed by atoms with Crippen molar-refractivity contribution in [3.8, 4) is 0 Å². The molecule has 358 valence electrons. The maximum absolute atomic E-state index is 12.7. The van der Waals surface area contributed by atoms with Crippen LogP contribution in [0.15, 0.2) is 97.2 Å². The zero-order chi connectivity index (χ0) is 45.8. The third-order valence-electron chi connectivity index (χ3n) is 10.6. The lowest BCUT2D eigenvalue weighted by Gasteiger charge is -2.18. The topological polar surface area (TPSA) is 78.9 Å². The lowest BCUT2D eigenvalue weighted by Crippen LogP contribution is -2.30. The van der Waals surface area contributed by atoms with Gasteiger partial charge in [0, 0.05) is 19.3 Å². The van der Waals surface area contributed by atoms with Crippen LogP contribution in [0.1, 0.15) is 226 Å². The molecule has 0 aromatic heterocycles. The Balaban J connectivity index is 4.10. The molecule has 0 N–H and O–H groups in total. The van der Waals surface area contributed by atoms with Crippen LogP contribution in [0.5, 0.6) is 0 Å². The normalized spacial score (nSPS) is 12.9. The molecule has 0 heterocycles. The van der Waals surface area contributed by atoms with Gasteiger partial charge in [0.15, 0.2) is 6.10 Å². The molecular formula is C57H94O6. The van der Waals surface area contributed by atoms with E-state index in [1.807, 2.05) is 0 Å². The van der Waals surface area contributed by atoms with Gasteiger partial charge in [-0.3, -0.25) is 14.4 Å². The summed E-state index contributed by atoms with van der Waals surface area (Å²) >= 11 is 0. The van der Waals surface area contributed by atoms with E-state index in [4.69, 9.17) is 14.2 Å². The Morgan fingerprint density at radius 1 is 0.333 bits per heavy atom. The maximum Gasteiger partial charge on any atom is 0.306 e. The minimum absolute atomic E-state index is 0.0912. The molecule has 0 fully saturated rings. The zero-order valence-electron chi connectivity index (χ0n) is 40.8. The molecule has 0 aromatic carbocycles. The highest BCUT2D eigenvalue weighted by Crippen LogP contribution is 2.14. The van der Waals surface area contributed by atoms with Gasteiger partial charge in [0.1, 0.15) is 13.2 Å². The summed E-state index contributed by atoms with van der Waals surface area (Å²) in [6, 6.07) is 0. The van der Waals surface area contributed by atoms with Crippen molar-refractivity contribution in [1.82, 2.24) is 0 Å². The van der Waals surface area contributed by atoms with E-state index < -0.39 is 6.10 Å². The summed E-state index contributed by atoms with van der Waals surface area (Å²) in [4.78, 5) is 37.6. The van der Waals surface area contributed by atoms with Crippen molar-refractivity contribution < 1.29 is 28.6 Å². The average molecular weight is 875 g/mol. The fraction of sp³-hybridized carbons (Fsp3) is 0.667. The minimum atomic E-state index is -0.789. The first-order valence-corrected chi connectivity index (χ1v) is 25.7. The zero-order valence-corrected chi connectivity index (χ0v) is 40.8. The van der Waals surface area contributed by atoms with Crippen molar-refractivity contribution in [1.29, 1.82) is 0 Å². The van der Waals surface area contributed by atoms with Gasteiger partial charge in [-0.05, 0) is 96.3 Å². The molecule has 63 heavy (non-hydrogen) atoms. The summed E-state index contributed by atoms with van der Waals surface area (Å²) in [6.45, 7) is 6.28. The largest absolute Gasteiger partial charge is 0.462 e. The number of unbranched alkanes of at least 4 members (excludes halogenated alkanes) is 18. The van der Waals surface area contributed by atoms with Crippen LogP contribution in [-0.4, -0.2) is 37.2 Å². The van der Waals surface area contributed by atoms with E-state index in [-0.39, 0.29) is 31.1 Å². The predicted molar refractivity (Wildman–Crippen MR) is 270 cm³/mol. The van der Waals surface area contributed by atoms with Gasteiger partial charge >= 0.3 is 17.9 Å². The maximum atomic E-state index is 12.7. The van der Waals surface area contributed by atoms with Crippen LogP contribution in [0.3, 0.4) is 0 Å². The second-order valence-electron chi connectivity index (χ2n) is 16.7. The van der Waals surface area contributed by atoms with Crippen molar-refractivity contribution in [3.05, 3.63) is 97.2 Å². The molecule has 1 atom stereocenters. The molecule has 1 unspecified atom stereocenters. The number of carbonyl (C=O) groups is 3. The van der Waals surface area contributed by atoms with Gasteiger partial charge in [-0.15, -0.1) is 0 Å². The fourth-order valence-corrected chi connectivity index (χ4v) is 6.78. The van der Waals surface area contributed by atoms with E-state index >= 15 is 0 Å². The van der Waals surface area contributed by atoms with Gasteiger partial charge in [0.2, 0.25) is 0 Å². The van der Waals surface area contributed by atoms with Crippen LogP contribution >= 0.6 is 0 Å². The third-order valence-corrected chi connectivity index (χ3v) is 10.6. The monoisotopic (exact) mass is 875 g/mol. The van der Waals surface area contributed by atoms with Gasteiger partial charge in [0.05, 0.1) is 0 Å². The van der Waals surface area contributed by atoms with Crippen molar-refractivity contribution in [2.75, 3.05) is 13.2 Å². The molecule has 0 aliphatic carbocycles. The van der Waals surface area contributed by atoms with Crippen LogP contribution in [0.25, 0.3) is 0 Å². The number of esters is 3. The Bertz CT molecular complexity index is 1280. The molecule has 0 saturated carbocycles. The molecule has 6 heteroatoms. The molecule has 0 aliphatic rings. The van der Waals surface area contributed by atoms with Crippen molar-refractivity contribution in [3.63, 3.8) is 0 Å². The summed E-state index contributed by atoms with van der Waals surface area (Å²) in [6.07, 6.45) is 67.3. The molecule has 0 radical (unpaired) electrons. The third kappa shape index (κ3) is 49.2. The highest BCUT2D eigenvalue weighted by molar-refractivity contribution is 5.71. The summed E-state index contributed by atoms with van der Waals surface area (Å²) < 4.78 is 16.6. The highest BCUT2D eigenvalue weighted by Gasteiger charge is 2.19. The first kappa shape index (κ1) is 59.3. The Morgan fingerprint density at radius 3 is 0.984 bits per heavy atom. The molecule has 6 nitrogen and oxygen atoms in total. The van der Waals surface area contributed by atoms with Gasteiger partial charge in [-0.25, -0.2) is 0 Å². The van der Waals surface area contributed by atoms with Crippen molar-refractivity contribution in [2.24, 2.45) is 0 Å². The molecule has 0 bridgehead atoms. The van der Waals surface area contributed by atoms with E-state index in [1.165, 1.54) is 64.2 Å². The molecule has 0 aliphatic heterocycles. The van der Waals surface area contributed by atoms with E-state index in [1.54, 1.807) is 0 Å². The van der Waals surface area contributed by atoms with E-state index in [0.717, 1.165) is 122 Å². The molecule has 0 aromatic rings. The summed E-state index contributed by atoms with van der Waals surface area (Å²) in [5.41, 5.74) is 0. The van der Waals surface area contributed by atoms with Gasteiger partial charge in [-0.2, -0.15) is 0 Å². The first-order chi connectivity index (χ1) is 31.0. The molecule has 0 saturated heterocycles. The highest BCUT2D eigenvalue weighted by atomic mass is 16.6. The Morgan fingerprint density at radius 2 is 0.619 bits per heavy atom. The minimum Gasteiger partial charge on any atom is -0.462 e. The lowest BCUT2D eigenvalue weighted by atomic mass is 10.0. The second kappa shape index (κ2) is 51.0.